The zero-order valence-corrected chi connectivity index (χ0v) is 32.1. The highest BCUT2D eigenvalue weighted by atomic mass is 16.4. The topological polar surface area (TPSA) is 77.8 Å². The summed E-state index contributed by atoms with van der Waals surface area (Å²) in [7, 11) is 0. The number of hydrogen-bond acceptors (Lipinski definition) is 6. The zero-order chi connectivity index (χ0) is 39.6. The van der Waals surface area contributed by atoms with Crippen LogP contribution in [0.1, 0.15) is 0 Å². The van der Waals surface area contributed by atoms with Gasteiger partial charge in [0.2, 0.25) is 5.89 Å². The Bertz CT molecular complexity index is 3590. The van der Waals surface area contributed by atoms with Crippen molar-refractivity contribution in [2.45, 2.75) is 0 Å². The van der Waals surface area contributed by atoms with Gasteiger partial charge in [0.1, 0.15) is 16.7 Å². The molecule has 3 aromatic heterocycles. The molecule has 0 atom stereocenters. The summed E-state index contributed by atoms with van der Waals surface area (Å²) in [5, 5.41) is 6.45. The minimum absolute atomic E-state index is 0.559. The molecule has 60 heavy (non-hydrogen) atoms. The van der Waals surface area contributed by atoms with E-state index in [0.717, 1.165) is 88.1 Å². The molecule has 0 spiro atoms. The second kappa shape index (κ2) is 13.7. The minimum atomic E-state index is 0.559. The fourth-order valence-corrected chi connectivity index (χ4v) is 8.32. The molecule has 6 nitrogen and oxygen atoms in total. The van der Waals surface area contributed by atoms with Gasteiger partial charge in [-0.15, -0.1) is 0 Å². The summed E-state index contributed by atoms with van der Waals surface area (Å²) in [5.74, 6) is 2.43. The molecule has 0 N–H and O–H groups in total. The lowest BCUT2D eigenvalue weighted by atomic mass is 9.95. The molecule has 0 unspecified atom stereocenters. The fourth-order valence-electron chi connectivity index (χ4n) is 8.32. The molecule has 0 aliphatic rings. The summed E-state index contributed by atoms with van der Waals surface area (Å²) in [6.45, 7) is 0. The highest BCUT2D eigenvalue weighted by molar-refractivity contribution is 6.19. The lowest BCUT2D eigenvalue weighted by molar-refractivity contribution is 0.621. The lowest BCUT2D eigenvalue weighted by Gasteiger charge is -2.11. The molecule has 12 rings (SSSR count). The highest BCUT2D eigenvalue weighted by Gasteiger charge is 2.22. The second-order valence-electron chi connectivity index (χ2n) is 15.0. The van der Waals surface area contributed by atoms with Gasteiger partial charge < -0.3 is 8.83 Å². The predicted molar refractivity (Wildman–Crippen MR) is 242 cm³/mol. The van der Waals surface area contributed by atoms with E-state index in [1.807, 2.05) is 60.7 Å². The third kappa shape index (κ3) is 5.81. The van der Waals surface area contributed by atoms with Crippen molar-refractivity contribution in [1.82, 2.24) is 19.9 Å². The highest BCUT2D eigenvalue weighted by Crippen LogP contribution is 2.44. The van der Waals surface area contributed by atoms with E-state index in [-0.39, 0.29) is 0 Å². The Morgan fingerprint density at radius 3 is 1.53 bits per heavy atom. The quantitative estimate of drug-likeness (QED) is 0.168. The van der Waals surface area contributed by atoms with Crippen molar-refractivity contribution >= 4 is 54.6 Å². The number of furan rings is 1. The van der Waals surface area contributed by atoms with Crippen LogP contribution in [-0.4, -0.2) is 19.9 Å². The average Bonchev–Trinajstić information content (AvgIpc) is 3.92. The van der Waals surface area contributed by atoms with Crippen LogP contribution in [-0.2, 0) is 0 Å². The Labute approximate surface area is 344 Å². The Balaban J connectivity index is 0.981. The molecule has 280 valence electrons. The van der Waals surface area contributed by atoms with Crippen molar-refractivity contribution in [1.29, 1.82) is 0 Å². The minimum Gasteiger partial charge on any atom is -0.456 e. The van der Waals surface area contributed by atoms with Gasteiger partial charge in [-0.25, -0.2) is 19.9 Å². The number of aromatic nitrogens is 4. The van der Waals surface area contributed by atoms with Gasteiger partial charge in [0.15, 0.2) is 23.1 Å². The predicted octanol–water partition coefficient (Wildman–Crippen LogP) is 14.2. The van der Waals surface area contributed by atoms with Crippen LogP contribution in [0, 0.1) is 0 Å². The Morgan fingerprint density at radius 2 is 0.817 bits per heavy atom. The summed E-state index contributed by atoms with van der Waals surface area (Å²) in [6, 6.07) is 66.5. The number of nitrogens with zero attached hydrogens (tertiary/aromatic N) is 4. The van der Waals surface area contributed by atoms with E-state index in [2.05, 4.69) is 133 Å². The van der Waals surface area contributed by atoms with Crippen LogP contribution in [0.4, 0.5) is 0 Å². The van der Waals surface area contributed by atoms with Crippen molar-refractivity contribution in [3.8, 4) is 67.9 Å². The molecule has 0 amide bonds. The molecule has 0 aliphatic carbocycles. The van der Waals surface area contributed by atoms with Gasteiger partial charge in [0.05, 0.1) is 0 Å². The number of oxazole rings is 1. The SMILES string of the molecule is c1ccc(-c2ccc(-c3nc4cc5oc6ccccc6c5c(-c5ccc6cc(-c7nc(-c8ccccc8)nc(-c8ccc9ccccc9c8)n7)ccc6c5)c4o3)cc2)cc1. The summed E-state index contributed by atoms with van der Waals surface area (Å²) in [5.41, 5.74) is 11.0. The van der Waals surface area contributed by atoms with Gasteiger partial charge in [0, 0.05) is 44.7 Å². The van der Waals surface area contributed by atoms with Crippen molar-refractivity contribution < 1.29 is 8.83 Å². The lowest BCUT2D eigenvalue weighted by Crippen LogP contribution is -2.00. The van der Waals surface area contributed by atoms with E-state index in [0.29, 0.717) is 28.9 Å². The second-order valence-corrected chi connectivity index (χ2v) is 15.0. The molecular weight excluding hydrogens is 737 g/mol. The molecule has 0 bridgehead atoms. The van der Waals surface area contributed by atoms with Gasteiger partial charge in [0.25, 0.3) is 0 Å². The van der Waals surface area contributed by atoms with Gasteiger partial charge in [-0.1, -0.05) is 152 Å². The van der Waals surface area contributed by atoms with E-state index in [1.165, 1.54) is 5.39 Å². The maximum Gasteiger partial charge on any atom is 0.227 e. The molecule has 0 fully saturated rings. The van der Waals surface area contributed by atoms with Crippen LogP contribution in [0.3, 0.4) is 0 Å². The van der Waals surface area contributed by atoms with Crippen molar-refractivity contribution in [3.05, 3.63) is 194 Å². The number of hydrogen-bond donors (Lipinski definition) is 0. The number of rotatable bonds is 6. The largest absolute Gasteiger partial charge is 0.456 e. The summed E-state index contributed by atoms with van der Waals surface area (Å²) in [6.07, 6.45) is 0. The van der Waals surface area contributed by atoms with Gasteiger partial charge in [-0.3, -0.25) is 0 Å². The van der Waals surface area contributed by atoms with Crippen molar-refractivity contribution in [2.24, 2.45) is 0 Å². The molecular formula is C54H32N4O2. The Morgan fingerprint density at radius 1 is 0.317 bits per heavy atom. The van der Waals surface area contributed by atoms with Gasteiger partial charge in [-0.2, -0.15) is 0 Å². The molecule has 12 aromatic rings. The van der Waals surface area contributed by atoms with E-state index in [4.69, 9.17) is 28.8 Å². The first-order chi connectivity index (χ1) is 29.7. The first-order valence-electron chi connectivity index (χ1n) is 19.9. The first kappa shape index (κ1) is 33.9. The first-order valence-corrected chi connectivity index (χ1v) is 19.9. The molecule has 9 aromatic carbocycles. The molecule has 0 saturated carbocycles. The third-order valence-corrected chi connectivity index (χ3v) is 11.3. The summed E-state index contributed by atoms with van der Waals surface area (Å²) in [4.78, 5) is 20.1. The normalized spacial score (nSPS) is 11.7. The third-order valence-electron chi connectivity index (χ3n) is 11.3. The standard InChI is InChI=1S/C54H32N4O2/c1-3-11-33(12-4-1)35-19-22-37(23-20-35)54-55-45-32-47-49(44-17-9-10-18-46(44)59-47)48(50(45)60-54)41-26-24-40-31-43(28-25-39(40)29-41)53-57-51(36-14-5-2-6-15-36)56-52(58-53)42-27-21-34-13-7-8-16-38(34)30-42/h1-32H. The number of para-hydroxylation sites is 1. The Kier molecular flexibility index (Phi) is 7.74. The van der Waals surface area contributed by atoms with Crippen LogP contribution < -0.4 is 0 Å². The van der Waals surface area contributed by atoms with E-state index in [1.54, 1.807) is 0 Å². The van der Waals surface area contributed by atoms with E-state index >= 15 is 0 Å². The van der Waals surface area contributed by atoms with Gasteiger partial charge >= 0.3 is 0 Å². The molecule has 0 aliphatic heterocycles. The Hall–Kier alpha value is -8.22. The molecule has 3 heterocycles. The van der Waals surface area contributed by atoms with E-state index in [9.17, 15) is 0 Å². The van der Waals surface area contributed by atoms with Crippen molar-refractivity contribution in [3.63, 3.8) is 0 Å². The maximum atomic E-state index is 6.74. The summed E-state index contributed by atoms with van der Waals surface area (Å²) >= 11 is 0. The van der Waals surface area contributed by atoms with Crippen LogP contribution >= 0.6 is 0 Å². The summed E-state index contributed by atoms with van der Waals surface area (Å²) < 4.78 is 13.2. The fraction of sp³-hybridized carbons (Fsp3) is 0. The van der Waals surface area contributed by atoms with E-state index < -0.39 is 0 Å². The average molecular weight is 769 g/mol. The van der Waals surface area contributed by atoms with Gasteiger partial charge in [-0.05, 0) is 74.6 Å². The molecule has 0 saturated heterocycles. The van der Waals surface area contributed by atoms with Crippen LogP contribution in [0.5, 0.6) is 0 Å². The number of benzene rings is 9. The monoisotopic (exact) mass is 768 g/mol. The molecule has 6 heteroatoms. The number of fused-ring (bicyclic) bond motifs is 6. The van der Waals surface area contributed by atoms with Crippen LogP contribution in [0.2, 0.25) is 0 Å². The zero-order valence-electron chi connectivity index (χ0n) is 32.1. The smallest absolute Gasteiger partial charge is 0.227 e. The molecule has 0 radical (unpaired) electrons. The van der Waals surface area contributed by atoms with Crippen LogP contribution in [0.15, 0.2) is 203 Å². The van der Waals surface area contributed by atoms with Crippen LogP contribution in [0.25, 0.3) is 122 Å². The maximum absolute atomic E-state index is 6.74. The van der Waals surface area contributed by atoms with Crippen molar-refractivity contribution in [2.75, 3.05) is 0 Å².